The van der Waals surface area contributed by atoms with Gasteiger partial charge >= 0.3 is 5.97 Å². The topological polar surface area (TPSA) is 92.9 Å². The first kappa shape index (κ1) is 12.5. The molecular weight excluding hydrogens is 254 g/mol. The number of aryl methyl sites for hydroxylation is 1. The standard InChI is InChI=1S/C10H13N5O2S/c1-6(9-14-11-5-15(9)2)12-10-13-7(4-18-10)3-8(16)17/h4-6H,3H2,1-2H3,(H,12,13)(H,16,17). The average molecular weight is 267 g/mol. The SMILES string of the molecule is CC(Nc1nc(CC(=O)O)cs1)c1nncn1C. The van der Waals surface area contributed by atoms with Crippen molar-refractivity contribution in [3.8, 4) is 0 Å². The normalized spacial score (nSPS) is 12.3. The van der Waals surface area contributed by atoms with E-state index in [2.05, 4.69) is 20.5 Å². The molecule has 2 heterocycles. The van der Waals surface area contributed by atoms with E-state index in [1.165, 1.54) is 11.3 Å². The van der Waals surface area contributed by atoms with Crippen molar-refractivity contribution in [3.63, 3.8) is 0 Å². The molecule has 1 atom stereocenters. The van der Waals surface area contributed by atoms with Crippen molar-refractivity contribution in [3.05, 3.63) is 23.2 Å². The number of thiazole rings is 1. The van der Waals surface area contributed by atoms with Crippen LogP contribution in [0.1, 0.15) is 24.5 Å². The molecule has 0 amide bonds. The van der Waals surface area contributed by atoms with Gasteiger partial charge in [0.15, 0.2) is 11.0 Å². The summed E-state index contributed by atoms with van der Waals surface area (Å²) in [5, 5.41) is 22.1. The van der Waals surface area contributed by atoms with Crippen molar-refractivity contribution < 1.29 is 9.90 Å². The van der Waals surface area contributed by atoms with Gasteiger partial charge in [-0.3, -0.25) is 4.79 Å². The molecule has 96 valence electrons. The van der Waals surface area contributed by atoms with Crippen LogP contribution < -0.4 is 5.32 Å². The molecule has 0 spiro atoms. The lowest BCUT2D eigenvalue weighted by molar-refractivity contribution is -0.136. The van der Waals surface area contributed by atoms with E-state index < -0.39 is 5.97 Å². The molecule has 0 bridgehead atoms. The molecule has 2 N–H and O–H groups in total. The Balaban J connectivity index is 2.03. The molecule has 2 rings (SSSR count). The number of anilines is 1. The van der Waals surface area contributed by atoms with Gasteiger partial charge in [-0.25, -0.2) is 4.98 Å². The van der Waals surface area contributed by atoms with Crippen molar-refractivity contribution >= 4 is 22.4 Å². The molecule has 2 aromatic heterocycles. The molecule has 0 saturated heterocycles. The Bertz CT molecular complexity index is 550. The van der Waals surface area contributed by atoms with Crippen molar-refractivity contribution in [2.75, 3.05) is 5.32 Å². The van der Waals surface area contributed by atoms with Crippen LogP contribution >= 0.6 is 11.3 Å². The second-order valence-electron chi connectivity index (χ2n) is 3.88. The Morgan fingerprint density at radius 2 is 2.44 bits per heavy atom. The van der Waals surface area contributed by atoms with Gasteiger partial charge in [0.1, 0.15) is 6.33 Å². The molecular formula is C10H13N5O2S. The van der Waals surface area contributed by atoms with Crippen molar-refractivity contribution in [1.29, 1.82) is 0 Å². The molecule has 2 aromatic rings. The number of hydrogen-bond donors (Lipinski definition) is 2. The largest absolute Gasteiger partial charge is 0.481 e. The first-order valence-electron chi connectivity index (χ1n) is 5.33. The minimum Gasteiger partial charge on any atom is -0.481 e. The van der Waals surface area contributed by atoms with Crippen LogP contribution in [0.15, 0.2) is 11.7 Å². The zero-order valence-electron chi connectivity index (χ0n) is 9.99. The van der Waals surface area contributed by atoms with E-state index in [0.717, 1.165) is 5.82 Å². The Hall–Kier alpha value is -1.96. The van der Waals surface area contributed by atoms with E-state index in [-0.39, 0.29) is 12.5 Å². The molecule has 0 radical (unpaired) electrons. The Kier molecular flexibility index (Phi) is 3.56. The van der Waals surface area contributed by atoms with Crippen LogP contribution in [0.25, 0.3) is 0 Å². The van der Waals surface area contributed by atoms with Crippen LogP contribution in [0.5, 0.6) is 0 Å². The predicted molar refractivity (Wildman–Crippen MR) is 66.5 cm³/mol. The van der Waals surface area contributed by atoms with Crippen molar-refractivity contribution in [2.45, 2.75) is 19.4 Å². The molecule has 0 aliphatic carbocycles. The third-order valence-electron chi connectivity index (χ3n) is 2.36. The number of carboxylic acid groups (broad SMARTS) is 1. The summed E-state index contributed by atoms with van der Waals surface area (Å²) in [7, 11) is 1.87. The Morgan fingerprint density at radius 1 is 1.67 bits per heavy atom. The Labute approximate surface area is 108 Å². The van der Waals surface area contributed by atoms with Gasteiger partial charge in [0, 0.05) is 12.4 Å². The van der Waals surface area contributed by atoms with Crippen molar-refractivity contribution in [2.24, 2.45) is 7.05 Å². The zero-order chi connectivity index (χ0) is 13.1. The number of rotatable bonds is 5. The lowest BCUT2D eigenvalue weighted by Crippen LogP contribution is -2.12. The second-order valence-corrected chi connectivity index (χ2v) is 4.74. The lowest BCUT2D eigenvalue weighted by Gasteiger charge is -2.11. The van der Waals surface area contributed by atoms with E-state index in [9.17, 15) is 4.79 Å². The average Bonchev–Trinajstić information content (AvgIpc) is 2.87. The minimum absolute atomic E-state index is 0.0404. The number of aliphatic carboxylic acids is 1. The fourth-order valence-electron chi connectivity index (χ4n) is 1.54. The number of carboxylic acids is 1. The smallest absolute Gasteiger partial charge is 0.309 e. The maximum absolute atomic E-state index is 10.6. The van der Waals surface area contributed by atoms with Crippen LogP contribution in [0, 0.1) is 0 Å². The van der Waals surface area contributed by atoms with E-state index in [1.807, 2.05) is 18.5 Å². The Morgan fingerprint density at radius 3 is 3.06 bits per heavy atom. The third kappa shape index (κ3) is 2.83. The van der Waals surface area contributed by atoms with Crippen molar-refractivity contribution in [1.82, 2.24) is 19.7 Å². The highest BCUT2D eigenvalue weighted by Crippen LogP contribution is 2.21. The molecule has 1 unspecified atom stereocenters. The molecule has 0 aromatic carbocycles. The van der Waals surface area contributed by atoms with Gasteiger partial charge in [-0.2, -0.15) is 0 Å². The lowest BCUT2D eigenvalue weighted by atomic mass is 10.3. The molecule has 0 aliphatic heterocycles. The summed E-state index contributed by atoms with van der Waals surface area (Å²) in [6.45, 7) is 1.95. The van der Waals surface area contributed by atoms with E-state index in [1.54, 1.807) is 11.7 Å². The van der Waals surface area contributed by atoms with E-state index in [0.29, 0.717) is 10.8 Å². The van der Waals surface area contributed by atoms with Gasteiger partial charge in [-0.15, -0.1) is 21.5 Å². The number of nitrogens with one attached hydrogen (secondary N) is 1. The van der Waals surface area contributed by atoms with Gasteiger partial charge in [0.05, 0.1) is 18.2 Å². The highest BCUT2D eigenvalue weighted by molar-refractivity contribution is 7.13. The monoisotopic (exact) mass is 267 g/mol. The van der Waals surface area contributed by atoms with Crippen LogP contribution in [0.4, 0.5) is 5.13 Å². The summed E-state index contributed by atoms with van der Waals surface area (Å²) in [4.78, 5) is 14.8. The third-order valence-corrected chi connectivity index (χ3v) is 3.18. The van der Waals surface area contributed by atoms with Crippen LogP contribution in [0.3, 0.4) is 0 Å². The van der Waals surface area contributed by atoms with Gasteiger partial charge in [0.2, 0.25) is 0 Å². The highest BCUT2D eigenvalue weighted by Gasteiger charge is 2.13. The summed E-state index contributed by atoms with van der Waals surface area (Å²) in [6.07, 6.45) is 1.57. The quantitative estimate of drug-likeness (QED) is 0.841. The number of hydrogen-bond acceptors (Lipinski definition) is 6. The predicted octanol–water partition coefficient (Wildman–Crippen LogP) is 1.07. The van der Waals surface area contributed by atoms with E-state index in [4.69, 9.17) is 5.11 Å². The summed E-state index contributed by atoms with van der Waals surface area (Å²) in [5.41, 5.74) is 0.556. The zero-order valence-corrected chi connectivity index (χ0v) is 10.8. The fraction of sp³-hybridized carbons (Fsp3) is 0.400. The van der Waals surface area contributed by atoms with Gasteiger partial charge in [-0.1, -0.05) is 0 Å². The number of carbonyl (C=O) groups is 1. The maximum Gasteiger partial charge on any atom is 0.309 e. The van der Waals surface area contributed by atoms with Gasteiger partial charge < -0.3 is 15.0 Å². The van der Waals surface area contributed by atoms with E-state index >= 15 is 0 Å². The summed E-state index contributed by atoms with van der Waals surface area (Å²) < 4.78 is 1.82. The number of aromatic nitrogens is 4. The van der Waals surface area contributed by atoms with Crippen LogP contribution in [0.2, 0.25) is 0 Å². The second kappa shape index (κ2) is 5.13. The summed E-state index contributed by atoms with van der Waals surface area (Å²) >= 11 is 1.38. The molecule has 0 aliphatic rings. The summed E-state index contributed by atoms with van der Waals surface area (Å²) in [5.74, 6) is -0.0850. The summed E-state index contributed by atoms with van der Waals surface area (Å²) in [6, 6.07) is -0.0404. The van der Waals surface area contributed by atoms with Gasteiger partial charge in [-0.05, 0) is 6.92 Å². The first-order valence-corrected chi connectivity index (χ1v) is 6.21. The highest BCUT2D eigenvalue weighted by atomic mass is 32.1. The van der Waals surface area contributed by atoms with Gasteiger partial charge in [0.25, 0.3) is 0 Å². The van der Waals surface area contributed by atoms with Crippen LogP contribution in [-0.4, -0.2) is 30.8 Å². The maximum atomic E-state index is 10.6. The first-order chi connectivity index (χ1) is 8.56. The fourth-order valence-corrected chi connectivity index (χ4v) is 2.34. The molecule has 0 fully saturated rings. The molecule has 18 heavy (non-hydrogen) atoms. The number of nitrogens with zero attached hydrogens (tertiary/aromatic N) is 4. The molecule has 8 heteroatoms. The minimum atomic E-state index is -0.881. The van der Waals surface area contributed by atoms with Crippen LogP contribution in [-0.2, 0) is 18.3 Å². The molecule has 0 saturated carbocycles. The molecule has 7 nitrogen and oxygen atoms in total.